The van der Waals surface area contributed by atoms with Crippen molar-refractivity contribution in [2.75, 3.05) is 26.7 Å². The van der Waals surface area contributed by atoms with Crippen molar-refractivity contribution in [3.05, 3.63) is 29.8 Å². The second kappa shape index (κ2) is 6.93. The minimum absolute atomic E-state index is 0.145. The lowest BCUT2D eigenvalue weighted by molar-refractivity contribution is -0.147. The van der Waals surface area contributed by atoms with Gasteiger partial charge in [0.1, 0.15) is 5.75 Å². The zero-order valence-corrected chi connectivity index (χ0v) is 16.4. The molecule has 0 unspecified atom stereocenters. The molecule has 2 amide bonds. The third-order valence-electron chi connectivity index (χ3n) is 5.61. The molecule has 2 aliphatic rings. The van der Waals surface area contributed by atoms with E-state index in [9.17, 15) is 9.59 Å². The Morgan fingerprint density at radius 2 is 2.00 bits per heavy atom. The molecule has 5 heteroatoms. The van der Waals surface area contributed by atoms with Crippen LogP contribution >= 0.6 is 0 Å². The summed E-state index contributed by atoms with van der Waals surface area (Å²) in [4.78, 5) is 29.8. The molecule has 1 spiro atoms. The molecule has 1 atom stereocenters. The number of nitrogens with zero attached hydrogens (tertiary/aromatic N) is 2. The fourth-order valence-corrected chi connectivity index (χ4v) is 4.19. The third-order valence-corrected chi connectivity index (χ3v) is 5.61. The first-order valence-electron chi connectivity index (χ1n) is 9.47. The van der Waals surface area contributed by atoms with E-state index < -0.39 is 10.8 Å². The maximum Gasteiger partial charge on any atom is 0.230 e. The topological polar surface area (TPSA) is 49.9 Å². The van der Waals surface area contributed by atoms with Gasteiger partial charge in [-0.15, -0.1) is 0 Å². The molecule has 2 aliphatic heterocycles. The highest BCUT2D eigenvalue weighted by molar-refractivity contribution is 5.87. The monoisotopic (exact) mass is 358 g/mol. The second-order valence-electron chi connectivity index (χ2n) is 8.69. The number of rotatable bonds is 3. The minimum Gasteiger partial charge on any atom is -0.497 e. The fourth-order valence-electron chi connectivity index (χ4n) is 4.19. The second-order valence-corrected chi connectivity index (χ2v) is 8.69. The zero-order valence-electron chi connectivity index (χ0n) is 16.4. The number of likely N-dealkylation sites (tertiary alicyclic amines) is 2. The van der Waals surface area contributed by atoms with E-state index in [0.29, 0.717) is 19.6 Å². The van der Waals surface area contributed by atoms with Crippen molar-refractivity contribution < 1.29 is 14.3 Å². The summed E-state index contributed by atoms with van der Waals surface area (Å²) in [6.45, 7) is 8.47. The Labute approximate surface area is 156 Å². The first-order valence-corrected chi connectivity index (χ1v) is 9.47. The van der Waals surface area contributed by atoms with E-state index >= 15 is 0 Å². The van der Waals surface area contributed by atoms with Crippen LogP contribution in [-0.4, -0.2) is 48.4 Å². The Bertz CT molecular complexity index is 695. The average Bonchev–Trinajstić information content (AvgIpc) is 3.03. The van der Waals surface area contributed by atoms with Gasteiger partial charge in [0.2, 0.25) is 11.8 Å². The lowest BCUT2D eigenvalue weighted by atomic mass is 9.78. The predicted molar refractivity (Wildman–Crippen MR) is 101 cm³/mol. The van der Waals surface area contributed by atoms with Gasteiger partial charge >= 0.3 is 0 Å². The number of amides is 2. The molecule has 0 aliphatic carbocycles. The van der Waals surface area contributed by atoms with Gasteiger partial charge in [-0.3, -0.25) is 9.59 Å². The van der Waals surface area contributed by atoms with Crippen LogP contribution in [0.4, 0.5) is 0 Å². The smallest absolute Gasteiger partial charge is 0.230 e. The maximum absolute atomic E-state index is 13.3. The van der Waals surface area contributed by atoms with Gasteiger partial charge in [0.25, 0.3) is 0 Å². The Hall–Kier alpha value is -2.04. The van der Waals surface area contributed by atoms with Crippen molar-refractivity contribution in [3.8, 4) is 5.75 Å². The molecule has 0 N–H and O–H groups in total. The molecule has 142 valence electrons. The molecule has 2 saturated heterocycles. The van der Waals surface area contributed by atoms with E-state index in [4.69, 9.17) is 4.74 Å². The molecule has 0 saturated carbocycles. The van der Waals surface area contributed by atoms with Crippen LogP contribution < -0.4 is 4.74 Å². The Morgan fingerprint density at radius 3 is 2.69 bits per heavy atom. The SMILES string of the molecule is COc1cccc(CN2CCC[C@]3(CCN(C(=O)C(C)(C)C)C3)C2=O)c1. The van der Waals surface area contributed by atoms with Crippen LogP contribution in [0.2, 0.25) is 0 Å². The number of carbonyl (C=O) groups excluding carboxylic acids is 2. The molecule has 2 heterocycles. The van der Waals surface area contributed by atoms with Gasteiger partial charge in [0.15, 0.2) is 0 Å². The highest BCUT2D eigenvalue weighted by Gasteiger charge is 2.50. The normalized spacial score (nSPS) is 23.6. The number of hydrogen-bond donors (Lipinski definition) is 0. The molecule has 26 heavy (non-hydrogen) atoms. The Balaban J connectivity index is 1.73. The number of carbonyl (C=O) groups is 2. The van der Waals surface area contributed by atoms with Gasteiger partial charge in [-0.2, -0.15) is 0 Å². The van der Waals surface area contributed by atoms with Crippen LogP contribution in [0.3, 0.4) is 0 Å². The van der Waals surface area contributed by atoms with Gasteiger partial charge in [-0.1, -0.05) is 32.9 Å². The summed E-state index contributed by atoms with van der Waals surface area (Å²) in [6.07, 6.45) is 2.66. The molecule has 5 nitrogen and oxygen atoms in total. The number of piperidine rings is 1. The van der Waals surface area contributed by atoms with Crippen molar-refractivity contribution in [1.82, 2.24) is 9.80 Å². The average molecular weight is 358 g/mol. The van der Waals surface area contributed by atoms with Gasteiger partial charge < -0.3 is 14.5 Å². The zero-order chi connectivity index (χ0) is 18.9. The summed E-state index contributed by atoms with van der Waals surface area (Å²) in [7, 11) is 1.65. The molecular formula is C21H30N2O3. The van der Waals surface area contributed by atoms with Crippen molar-refractivity contribution in [2.45, 2.75) is 46.6 Å². The lowest BCUT2D eigenvalue weighted by Crippen LogP contribution is -2.50. The Kier molecular flexibility index (Phi) is 5.00. The first-order chi connectivity index (χ1) is 12.2. The fraction of sp³-hybridized carbons (Fsp3) is 0.619. The van der Waals surface area contributed by atoms with Crippen molar-refractivity contribution in [3.63, 3.8) is 0 Å². The van der Waals surface area contributed by atoms with Crippen molar-refractivity contribution in [1.29, 1.82) is 0 Å². The molecule has 0 bridgehead atoms. The highest BCUT2D eigenvalue weighted by atomic mass is 16.5. The van der Waals surface area contributed by atoms with E-state index in [1.54, 1.807) is 7.11 Å². The summed E-state index contributed by atoms with van der Waals surface area (Å²) in [6, 6.07) is 7.88. The standard InChI is InChI=1S/C21H30N2O3/c1-20(2,3)18(24)23-12-10-21(15-23)9-6-11-22(19(21)25)14-16-7-5-8-17(13-16)26-4/h5,7-8,13H,6,9-12,14-15H2,1-4H3/t21-/m1/s1. The van der Waals surface area contributed by atoms with Gasteiger partial charge in [-0.25, -0.2) is 0 Å². The quantitative estimate of drug-likeness (QED) is 0.834. The highest BCUT2D eigenvalue weighted by Crippen LogP contribution is 2.41. The van der Waals surface area contributed by atoms with Crippen molar-refractivity contribution in [2.24, 2.45) is 10.8 Å². The molecule has 1 aromatic carbocycles. The van der Waals surface area contributed by atoms with E-state index in [1.807, 2.05) is 54.8 Å². The number of methoxy groups -OCH3 is 1. The molecular weight excluding hydrogens is 328 g/mol. The van der Waals surface area contributed by atoms with E-state index in [2.05, 4.69) is 0 Å². The maximum atomic E-state index is 13.3. The molecule has 0 radical (unpaired) electrons. The summed E-state index contributed by atoms with van der Waals surface area (Å²) < 4.78 is 5.29. The number of benzene rings is 1. The number of ether oxygens (including phenoxy) is 1. The molecule has 2 fully saturated rings. The summed E-state index contributed by atoms with van der Waals surface area (Å²) in [5.74, 6) is 1.16. The van der Waals surface area contributed by atoms with Crippen LogP contribution in [0.5, 0.6) is 5.75 Å². The summed E-state index contributed by atoms with van der Waals surface area (Å²) >= 11 is 0. The predicted octanol–water partition coefficient (Wildman–Crippen LogP) is 3.08. The molecule has 1 aromatic rings. The first kappa shape index (κ1) is 18.7. The van der Waals surface area contributed by atoms with Gasteiger partial charge in [-0.05, 0) is 37.0 Å². The van der Waals surface area contributed by atoms with Crippen molar-refractivity contribution >= 4 is 11.8 Å². The Morgan fingerprint density at radius 1 is 1.23 bits per heavy atom. The largest absolute Gasteiger partial charge is 0.497 e. The van der Waals surface area contributed by atoms with E-state index in [-0.39, 0.29) is 11.8 Å². The van der Waals surface area contributed by atoms with E-state index in [0.717, 1.165) is 37.1 Å². The van der Waals surface area contributed by atoms with Crippen LogP contribution in [-0.2, 0) is 16.1 Å². The van der Waals surface area contributed by atoms with Crippen LogP contribution in [0, 0.1) is 10.8 Å². The third kappa shape index (κ3) is 3.57. The van der Waals surface area contributed by atoms with Crippen LogP contribution in [0.1, 0.15) is 45.6 Å². The summed E-state index contributed by atoms with van der Waals surface area (Å²) in [5.41, 5.74) is 0.289. The van der Waals surface area contributed by atoms with Gasteiger partial charge in [0, 0.05) is 31.6 Å². The van der Waals surface area contributed by atoms with Crippen LogP contribution in [0.15, 0.2) is 24.3 Å². The van der Waals surface area contributed by atoms with Crippen LogP contribution in [0.25, 0.3) is 0 Å². The molecule has 3 rings (SSSR count). The lowest BCUT2D eigenvalue weighted by Gasteiger charge is -2.39. The van der Waals surface area contributed by atoms with Gasteiger partial charge in [0.05, 0.1) is 12.5 Å². The number of hydrogen-bond acceptors (Lipinski definition) is 3. The molecule has 0 aromatic heterocycles. The summed E-state index contributed by atoms with van der Waals surface area (Å²) in [5, 5.41) is 0. The van der Waals surface area contributed by atoms with E-state index in [1.165, 1.54) is 0 Å². The minimum atomic E-state index is -0.399.